The number of piperidine rings is 1. The van der Waals surface area contributed by atoms with Crippen LogP contribution in [0.3, 0.4) is 0 Å². The molecule has 0 bridgehead atoms. The van der Waals surface area contributed by atoms with E-state index in [1.165, 1.54) is 0 Å². The van der Waals surface area contributed by atoms with Crippen molar-refractivity contribution in [2.24, 2.45) is 5.73 Å². The van der Waals surface area contributed by atoms with E-state index < -0.39 is 9.84 Å². The van der Waals surface area contributed by atoms with Gasteiger partial charge in [-0.15, -0.1) is 0 Å². The molecule has 0 amide bonds. The summed E-state index contributed by atoms with van der Waals surface area (Å²) in [5.74, 6) is 0.394. The molecular formula is C10H20N2O2S. The van der Waals surface area contributed by atoms with E-state index in [1.54, 1.807) is 0 Å². The van der Waals surface area contributed by atoms with Crippen molar-refractivity contribution in [2.75, 3.05) is 25.4 Å². The summed E-state index contributed by atoms with van der Waals surface area (Å²) in [4.78, 5) is 2.26. The molecule has 2 heterocycles. The first-order valence-corrected chi connectivity index (χ1v) is 7.49. The molecule has 2 aliphatic rings. The number of likely N-dealkylation sites (tertiary alicyclic amines) is 1. The summed E-state index contributed by atoms with van der Waals surface area (Å²) in [6, 6.07) is 0.321. The Morgan fingerprint density at radius 2 is 1.87 bits per heavy atom. The fourth-order valence-electron chi connectivity index (χ4n) is 2.49. The quantitative estimate of drug-likeness (QED) is 0.727. The molecule has 0 aromatic heterocycles. The van der Waals surface area contributed by atoms with Crippen molar-refractivity contribution in [2.45, 2.75) is 37.0 Å². The van der Waals surface area contributed by atoms with Crippen LogP contribution in [0.5, 0.6) is 0 Å². The summed E-state index contributed by atoms with van der Waals surface area (Å²) in [6.07, 6.45) is 3.71. The molecule has 2 saturated heterocycles. The van der Waals surface area contributed by atoms with Crippen molar-refractivity contribution in [1.29, 1.82) is 0 Å². The molecule has 0 radical (unpaired) electrons. The fraction of sp³-hybridized carbons (Fsp3) is 1.00. The molecule has 5 heteroatoms. The zero-order valence-electron chi connectivity index (χ0n) is 9.06. The highest BCUT2D eigenvalue weighted by Crippen LogP contribution is 2.22. The van der Waals surface area contributed by atoms with Crippen molar-refractivity contribution in [1.82, 2.24) is 4.90 Å². The minimum atomic E-state index is -2.77. The van der Waals surface area contributed by atoms with Crippen LogP contribution in [0.2, 0.25) is 0 Å². The minimum Gasteiger partial charge on any atom is -0.328 e. The Balaban J connectivity index is 1.87. The summed E-state index contributed by atoms with van der Waals surface area (Å²) in [5, 5.41) is -0.105. The Labute approximate surface area is 91.7 Å². The smallest absolute Gasteiger partial charge is 0.154 e. The summed E-state index contributed by atoms with van der Waals surface area (Å²) < 4.78 is 23.3. The SMILES string of the molecule is NC1CCN(CC2CCCS2(=O)=O)CC1. The van der Waals surface area contributed by atoms with E-state index in [0.29, 0.717) is 11.8 Å². The van der Waals surface area contributed by atoms with E-state index in [2.05, 4.69) is 4.90 Å². The van der Waals surface area contributed by atoms with Crippen molar-refractivity contribution >= 4 is 9.84 Å². The predicted molar refractivity (Wildman–Crippen MR) is 60.5 cm³/mol. The van der Waals surface area contributed by atoms with Crippen LogP contribution in [0.1, 0.15) is 25.7 Å². The molecule has 0 saturated carbocycles. The van der Waals surface area contributed by atoms with Gasteiger partial charge in [0, 0.05) is 12.6 Å². The van der Waals surface area contributed by atoms with Gasteiger partial charge in [0.2, 0.25) is 0 Å². The van der Waals surface area contributed by atoms with Gasteiger partial charge < -0.3 is 10.6 Å². The first-order chi connectivity index (χ1) is 7.08. The van der Waals surface area contributed by atoms with Gasteiger partial charge in [-0.2, -0.15) is 0 Å². The molecule has 0 aromatic rings. The second-order valence-corrected chi connectivity index (χ2v) is 7.17. The standard InChI is InChI=1S/C10H20N2O2S/c11-9-3-5-12(6-4-9)8-10-2-1-7-15(10,13)14/h9-10H,1-8,11H2. The molecule has 15 heavy (non-hydrogen) atoms. The van der Waals surface area contributed by atoms with Gasteiger partial charge in [0.05, 0.1) is 11.0 Å². The molecule has 88 valence electrons. The third-order valence-electron chi connectivity index (χ3n) is 3.56. The molecule has 2 aliphatic heterocycles. The molecular weight excluding hydrogens is 212 g/mol. The average molecular weight is 232 g/mol. The van der Waals surface area contributed by atoms with E-state index in [4.69, 9.17) is 5.73 Å². The number of hydrogen-bond donors (Lipinski definition) is 1. The Morgan fingerprint density at radius 3 is 2.40 bits per heavy atom. The summed E-state index contributed by atoms with van der Waals surface area (Å²) >= 11 is 0. The Morgan fingerprint density at radius 1 is 1.20 bits per heavy atom. The highest BCUT2D eigenvalue weighted by Gasteiger charge is 2.33. The van der Waals surface area contributed by atoms with E-state index >= 15 is 0 Å². The number of sulfone groups is 1. The van der Waals surface area contributed by atoms with Crippen LogP contribution < -0.4 is 5.73 Å². The van der Waals surface area contributed by atoms with Crippen LogP contribution in [-0.2, 0) is 9.84 Å². The van der Waals surface area contributed by atoms with Crippen LogP contribution in [-0.4, -0.2) is 50.0 Å². The molecule has 2 fully saturated rings. The van der Waals surface area contributed by atoms with Gasteiger partial charge >= 0.3 is 0 Å². The number of nitrogens with zero attached hydrogens (tertiary/aromatic N) is 1. The lowest BCUT2D eigenvalue weighted by Gasteiger charge is -2.31. The Bertz CT molecular complexity index is 307. The van der Waals surface area contributed by atoms with Crippen molar-refractivity contribution in [3.8, 4) is 0 Å². The van der Waals surface area contributed by atoms with Crippen LogP contribution in [0.4, 0.5) is 0 Å². The van der Waals surface area contributed by atoms with Crippen molar-refractivity contribution in [3.63, 3.8) is 0 Å². The van der Waals surface area contributed by atoms with Crippen molar-refractivity contribution < 1.29 is 8.42 Å². The van der Waals surface area contributed by atoms with Crippen LogP contribution in [0.15, 0.2) is 0 Å². The summed E-state index contributed by atoms with van der Waals surface area (Å²) in [5.41, 5.74) is 5.81. The molecule has 4 nitrogen and oxygen atoms in total. The number of nitrogens with two attached hydrogens (primary N) is 1. The van der Waals surface area contributed by atoms with Gasteiger partial charge in [0.15, 0.2) is 9.84 Å². The van der Waals surface area contributed by atoms with E-state index in [0.717, 1.165) is 45.3 Å². The molecule has 1 unspecified atom stereocenters. The topological polar surface area (TPSA) is 63.4 Å². The third-order valence-corrected chi connectivity index (χ3v) is 5.82. The molecule has 0 spiro atoms. The van der Waals surface area contributed by atoms with Gasteiger partial charge in [-0.1, -0.05) is 0 Å². The molecule has 2 rings (SSSR count). The third kappa shape index (κ3) is 2.71. The largest absolute Gasteiger partial charge is 0.328 e. The second kappa shape index (κ2) is 4.39. The number of rotatable bonds is 2. The Kier molecular flexibility index (Phi) is 3.33. The molecule has 2 N–H and O–H groups in total. The zero-order chi connectivity index (χ0) is 10.9. The van der Waals surface area contributed by atoms with Gasteiger partial charge in [0.1, 0.15) is 0 Å². The van der Waals surface area contributed by atoms with Gasteiger partial charge in [-0.25, -0.2) is 8.42 Å². The lowest BCUT2D eigenvalue weighted by atomic mass is 10.1. The van der Waals surface area contributed by atoms with E-state index in [9.17, 15) is 8.42 Å². The predicted octanol–water partition coefficient (Wildman–Crippen LogP) is -0.0133. The van der Waals surface area contributed by atoms with Gasteiger partial charge in [-0.05, 0) is 38.8 Å². The van der Waals surface area contributed by atoms with Crippen molar-refractivity contribution in [3.05, 3.63) is 0 Å². The fourth-order valence-corrected chi connectivity index (χ4v) is 4.35. The average Bonchev–Trinajstić information content (AvgIpc) is 2.50. The maximum absolute atomic E-state index is 11.6. The van der Waals surface area contributed by atoms with Gasteiger partial charge in [0.25, 0.3) is 0 Å². The number of hydrogen-bond acceptors (Lipinski definition) is 4. The lowest BCUT2D eigenvalue weighted by Crippen LogP contribution is -2.43. The maximum Gasteiger partial charge on any atom is 0.154 e. The summed E-state index contributed by atoms with van der Waals surface area (Å²) in [7, 11) is -2.77. The second-order valence-electron chi connectivity index (χ2n) is 4.77. The highest BCUT2D eigenvalue weighted by atomic mass is 32.2. The minimum absolute atomic E-state index is 0.105. The first kappa shape index (κ1) is 11.4. The monoisotopic (exact) mass is 232 g/mol. The summed E-state index contributed by atoms with van der Waals surface area (Å²) in [6.45, 7) is 2.66. The maximum atomic E-state index is 11.6. The molecule has 0 aromatic carbocycles. The lowest BCUT2D eigenvalue weighted by molar-refractivity contribution is 0.212. The molecule has 0 aliphatic carbocycles. The Hall–Kier alpha value is -0.130. The van der Waals surface area contributed by atoms with E-state index in [-0.39, 0.29) is 5.25 Å². The van der Waals surface area contributed by atoms with Crippen LogP contribution in [0, 0.1) is 0 Å². The zero-order valence-corrected chi connectivity index (χ0v) is 9.88. The van der Waals surface area contributed by atoms with Crippen LogP contribution in [0.25, 0.3) is 0 Å². The molecule has 1 atom stereocenters. The normalized spacial score (nSPS) is 33.3. The van der Waals surface area contributed by atoms with E-state index in [1.807, 2.05) is 0 Å². The highest BCUT2D eigenvalue weighted by molar-refractivity contribution is 7.92. The first-order valence-electron chi connectivity index (χ1n) is 5.77. The van der Waals surface area contributed by atoms with Gasteiger partial charge in [-0.3, -0.25) is 0 Å². The van der Waals surface area contributed by atoms with Crippen LogP contribution >= 0.6 is 0 Å².